The maximum absolute atomic E-state index is 12.7. The summed E-state index contributed by atoms with van der Waals surface area (Å²) in [5.41, 5.74) is 0. The van der Waals surface area contributed by atoms with E-state index in [0.29, 0.717) is 23.9 Å². The van der Waals surface area contributed by atoms with Crippen LogP contribution in [0.2, 0.25) is 0 Å². The Kier molecular flexibility index (Phi) is 37.5. The quantitative estimate of drug-likeness (QED) is 0.0179. The summed E-state index contributed by atoms with van der Waals surface area (Å²) in [6.07, 6.45) is 41.3. The van der Waals surface area contributed by atoms with Gasteiger partial charge in [0.1, 0.15) is 19.8 Å². The van der Waals surface area contributed by atoms with Crippen molar-refractivity contribution in [3.63, 3.8) is 0 Å². The van der Waals surface area contributed by atoms with Crippen molar-refractivity contribution >= 4 is 19.8 Å². The molecule has 0 radical (unpaired) electrons. The lowest BCUT2D eigenvalue weighted by atomic mass is 10.0. The van der Waals surface area contributed by atoms with Crippen molar-refractivity contribution in [1.82, 2.24) is 0 Å². The van der Waals surface area contributed by atoms with Crippen LogP contribution in [0.1, 0.15) is 155 Å². The molecule has 3 unspecified atom stereocenters. The van der Waals surface area contributed by atoms with E-state index in [4.69, 9.17) is 18.5 Å². The minimum Gasteiger partial charge on any atom is -0.462 e. The SMILES string of the molecule is CCCCC/C=C\C/C=C\C/C=C\CC(O)C(O)CCCC(=O)O[C@H](COC(=O)CCC/C=C\C/C=C\C/C=C\CCCCCCCC)COP(=O)(O)OCC[N+](C)(C)C. The summed E-state index contributed by atoms with van der Waals surface area (Å²) in [6.45, 7) is 3.97. The van der Waals surface area contributed by atoms with Crippen LogP contribution in [0.5, 0.6) is 0 Å². The lowest BCUT2D eigenvalue weighted by molar-refractivity contribution is -0.870. The molecule has 0 aliphatic rings. The van der Waals surface area contributed by atoms with Gasteiger partial charge in [-0.25, -0.2) is 4.57 Å². The number of hydrogen-bond acceptors (Lipinski definition) is 9. The largest absolute Gasteiger partial charge is 0.472 e. The van der Waals surface area contributed by atoms with Gasteiger partial charge in [-0.1, -0.05) is 132 Å². The number of unbranched alkanes of at least 4 members (excludes halogenated alkanes) is 10. The van der Waals surface area contributed by atoms with Gasteiger partial charge >= 0.3 is 19.8 Å². The maximum Gasteiger partial charge on any atom is 0.472 e. The molecule has 11 nitrogen and oxygen atoms in total. The fraction of sp³-hybridized carbons (Fsp3) is 0.708. The Bertz CT molecular complexity index is 1290. The number of carbonyl (C=O) groups excluding carboxylic acids is 2. The molecule has 0 bridgehead atoms. The maximum atomic E-state index is 12.7. The second-order valence-electron chi connectivity index (χ2n) is 16.4. The van der Waals surface area contributed by atoms with Gasteiger partial charge in [0, 0.05) is 12.8 Å². The first-order valence-corrected chi connectivity index (χ1v) is 24.3. The number of phosphoric acid groups is 1. The minimum atomic E-state index is -4.47. The van der Waals surface area contributed by atoms with Crippen LogP contribution < -0.4 is 0 Å². The van der Waals surface area contributed by atoms with Gasteiger partial charge in [0.15, 0.2) is 6.10 Å². The second-order valence-corrected chi connectivity index (χ2v) is 17.8. The van der Waals surface area contributed by atoms with Crippen LogP contribution in [0.25, 0.3) is 0 Å². The van der Waals surface area contributed by atoms with Crippen LogP contribution in [0.3, 0.4) is 0 Å². The van der Waals surface area contributed by atoms with Crippen molar-refractivity contribution < 1.29 is 52.3 Å². The first kappa shape index (κ1) is 57.4. The molecule has 0 rings (SSSR count). The molecule has 0 spiro atoms. The van der Waals surface area contributed by atoms with Gasteiger partial charge in [-0.3, -0.25) is 18.6 Å². The zero-order chi connectivity index (χ0) is 44.6. The molecule has 0 aliphatic carbocycles. The van der Waals surface area contributed by atoms with Crippen LogP contribution in [-0.2, 0) is 32.7 Å². The molecule has 346 valence electrons. The predicted molar refractivity (Wildman–Crippen MR) is 245 cm³/mol. The Morgan fingerprint density at radius 2 is 1.07 bits per heavy atom. The number of phosphoric ester groups is 1. The van der Waals surface area contributed by atoms with E-state index in [0.717, 1.165) is 38.5 Å². The summed E-state index contributed by atoms with van der Waals surface area (Å²) in [5.74, 6) is -1.15. The molecule has 12 heteroatoms. The standard InChI is InChI=1S/C48H84NO10P/c1-6-8-10-12-14-16-18-20-21-22-23-24-26-28-30-32-34-38-47(52)56-42-44(43-58-60(54,55)57-41-40-49(3,4)5)59-48(53)39-35-37-46(51)45(50)36-33-31-29-27-25-19-17-15-13-11-9-7-2/h15,17,20-21,23-25,27-28,30-31,33,44-46,50-51H,6-14,16,18-19,22,26,29,32,34-43H2,1-5H3/p+1/b17-15-,21-20-,24-23-,27-25-,30-28-,33-31-/t44-,45?,46?/m1/s1. The average Bonchev–Trinajstić information content (AvgIpc) is 3.19. The van der Waals surface area contributed by atoms with Gasteiger partial charge < -0.3 is 29.1 Å². The van der Waals surface area contributed by atoms with E-state index >= 15 is 0 Å². The number of aliphatic hydroxyl groups is 2. The van der Waals surface area contributed by atoms with Crippen molar-refractivity contribution in [1.29, 1.82) is 0 Å². The smallest absolute Gasteiger partial charge is 0.462 e. The molecule has 0 saturated heterocycles. The molecule has 60 heavy (non-hydrogen) atoms. The molecule has 0 fully saturated rings. The highest BCUT2D eigenvalue weighted by Crippen LogP contribution is 2.43. The molecule has 0 amide bonds. The lowest BCUT2D eigenvalue weighted by Gasteiger charge is -2.24. The number of likely N-dealkylation sites (N-methyl/N-ethyl adjacent to an activating group) is 1. The predicted octanol–water partition coefficient (Wildman–Crippen LogP) is 11.0. The summed E-state index contributed by atoms with van der Waals surface area (Å²) >= 11 is 0. The highest BCUT2D eigenvalue weighted by molar-refractivity contribution is 7.47. The summed E-state index contributed by atoms with van der Waals surface area (Å²) < 4.78 is 34.0. The van der Waals surface area contributed by atoms with Gasteiger partial charge in [-0.15, -0.1) is 0 Å². The molecule has 0 heterocycles. The van der Waals surface area contributed by atoms with Gasteiger partial charge in [-0.2, -0.15) is 0 Å². The van der Waals surface area contributed by atoms with Crippen molar-refractivity contribution in [2.45, 2.75) is 173 Å². The van der Waals surface area contributed by atoms with Crippen LogP contribution in [0.4, 0.5) is 0 Å². The Balaban J connectivity index is 4.68. The number of hydrogen-bond donors (Lipinski definition) is 3. The topological polar surface area (TPSA) is 149 Å². The van der Waals surface area contributed by atoms with Crippen molar-refractivity contribution in [2.24, 2.45) is 0 Å². The van der Waals surface area contributed by atoms with Gasteiger partial charge in [0.2, 0.25) is 0 Å². The Morgan fingerprint density at radius 1 is 0.583 bits per heavy atom. The fourth-order valence-corrected chi connectivity index (χ4v) is 6.40. The number of rotatable bonds is 40. The molecule has 0 aliphatic heterocycles. The first-order chi connectivity index (χ1) is 28.8. The monoisotopic (exact) mass is 867 g/mol. The Labute approximate surface area is 364 Å². The van der Waals surface area contributed by atoms with E-state index in [2.05, 4.69) is 68.5 Å². The summed E-state index contributed by atoms with van der Waals surface area (Å²) in [7, 11) is 1.26. The van der Waals surface area contributed by atoms with E-state index in [1.165, 1.54) is 57.8 Å². The number of allylic oxidation sites excluding steroid dienone is 11. The fourth-order valence-electron chi connectivity index (χ4n) is 5.66. The van der Waals surface area contributed by atoms with Crippen molar-refractivity contribution in [2.75, 3.05) is 47.5 Å². The van der Waals surface area contributed by atoms with Crippen molar-refractivity contribution in [3.05, 3.63) is 72.9 Å². The van der Waals surface area contributed by atoms with E-state index < -0.39 is 44.7 Å². The Hall–Kier alpha value is -2.63. The molecule has 0 aromatic carbocycles. The molecule has 3 N–H and O–H groups in total. The number of nitrogens with zero attached hydrogens (tertiary/aromatic N) is 1. The van der Waals surface area contributed by atoms with E-state index in [1.807, 2.05) is 39.4 Å². The van der Waals surface area contributed by atoms with E-state index in [9.17, 15) is 29.3 Å². The normalized spacial score (nSPS) is 15.3. The molecule has 4 atom stereocenters. The summed E-state index contributed by atoms with van der Waals surface area (Å²) in [4.78, 5) is 35.4. The van der Waals surface area contributed by atoms with E-state index in [1.54, 1.807) is 0 Å². The molecular formula is C48H85NO10P+. The third-order valence-corrected chi connectivity index (χ3v) is 10.4. The lowest BCUT2D eigenvalue weighted by Crippen LogP contribution is -2.37. The highest BCUT2D eigenvalue weighted by atomic mass is 31.2. The number of esters is 2. The van der Waals surface area contributed by atoms with Crippen LogP contribution >= 0.6 is 7.82 Å². The van der Waals surface area contributed by atoms with Crippen LogP contribution in [0, 0.1) is 0 Å². The Morgan fingerprint density at radius 3 is 1.65 bits per heavy atom. The van der Waals surface area contributed by atoms with Gasteiger partial charge in [-0.05, 0) is 83.5 Å². The number of ether oxygens (including phenoxy) is 2. The van der Waals surface area contributed by atoms with Gasteiger partial charge in [0.05, 0.1) is 40.0 Å². The minimum absolute atomic E-state index is 0.0315. The first-order valence-electron chi connectivity index (χ1n) is 22.8. The summed E-state index contributed by atoms with van der Waals surface area (Å²) in [6, 6.07) is 0. The molecular weight excluding hydrogens is 781 g/mol. The number of carbonyl (C=O) groups is 2. The average molecular weight is 867 g/mol. The molecule has 0 saturated carbocycles. The van der Waals surface area contributed by atoms with E-state index in [-0.39, 0.29) is 45.3 Å². The number of quaternary nitrogens is 1. The zero-order valence-corrected chi connectivity index (χ0v) is 39.0. The molecule has 0 aromatic rings. The van der Waals surface area contributed by atoms with Crippen LogP contribution in [-0.4, -0.2) is 97.3 Å². The van der Waals surface area contributed by atoms with Crippen LogP contribution in [0.15, 0.2) is 72.9 Å². The summed E-state index contributed by atoms with van der Waals surface area (Å²) in [5, 5.41) is 20.8. The van der Waals surface area contributed by atoms with Gasteiger partial charge in [0.25, 0.3) is 0 Å². The third-order valence-electron chi connectivity index (χ3n) is 9.41. The second kappa shape index (κ2) is 39.2. The zero-order valence-electron chi connectivity index (χ0n) is 38.1. The number of aliphatic hydroxyl groups excluding tert-OH is 2. The highest BCUT2D eigenvalue weighted by Gasteiger charge is 2.27. The van der Waals surface area contributed by atoms with Crippen molar-refractivity contribution in [3.8, 4) is 0 Å². The molecule has 0 aromatic heterocycles. The third kappa shape index (κ3) is 40.8.